The lowest BCUT2D eigenvalue weighted by Crippen LogP contribution is -2.32. The van der Waals surface area contributed by atoms with E-state index in [1.807, 2.05) is 13.0 Å². The number of carboxylic acid groups (broad SMARTS) is 1. The number of ether oxygens (including phenoxy) is 1. The molecular weight excluding hydrogens is 562 g/mol. The fourth-order valence-electron chi connectivity index (χ4n) is 5.87. The number of carboxylic acids is 1. The van der Waals surface area contributed by atoms with Crippen LogP contribution in [0.2, 0.25) is 5.02 Å². The number of thiophene rings is 1. The van der Waals surface area contributed by atoms with Crippen molar-refractivity contribution in [1.82, 2.24) is 24.9 Å². The zero-order valence-electron chi connectivity index (χ0n) is 23.0. The molecule has 11 heteroatoms. The molecule has 0 bridgehead atoms. The van der Waals surface area contributed by atoms with Gasteiger partial charge in [-0.15, -0.1) is 16.4 Å². The van der Waals surface area contributed by atoms with Crippen LogP contribution in [0.15, 0.2) is 46.6 Å². The molecule has 2 aromatic carbocycles. The van der Waals surface area contributed by atoms with Gasteiger partial charge in [0.05, 0.1) is 17.1 Å². The monoisotopic (exact) mass is 591 g/mol. The van der Waals surface area contributed by atoms with E-state index in [-0.39, 0.29) is 18.1 Å². The van der Waals surface area contributed by atoms with Crippen molar-refractivity contribution in [3.8, 4) is 5.75 Å². The number of nitrogens with zero attached hydrogens (tertiary/aromatic N) is 4. The Labute approximate surface area is 245 Å². The first kappa shape index (κ1) is 27.4. The molecule has 3 aromatic heterocycles. The summed E-state index contributed by atoms with van der Waals surface area (Å²) in [5.41, 5.74) is 5.70. The van der Waals surface area contributed by atoms with Crippen LogP contribution in [0.3, 0.4) is 0 Å². The van der Waals surface area contributed by atoms with Gasteiger partial charge in [0.1, 0.15) is 22.9 Å². The molecule has 0 saturated heterocycles. The molecule has 6 rings (SSSR count). The van der Waals surface area contributed by atoms with Crippen molar-refractivity contribution in [2.45, 2.75) is 51.8 Å². The summed E-state index contributed by atoms with van der Waals surface area (Å²) in [6.45, 7) is 5.89. The van der Waals surface area contributed by atoms with Crippen LogP contribution in [-0.2, 0) is 24.9 Å². The first-order chi connectivity index (χ1) is 19.7. The molecule has 0 unspecified atom stereocenters. The molecule has 9 nitrogen and oxygen atoms in total. The van der Waals surface area contributed by atoms with E-state index in [1.165, 1.54) is 6.07 Å². The molecule has 0 amide bonds. The summed E-state index contributed by atoms with van der Waals surface area (Å²) in [5.74, 6) is -0.623. The van der Waals surface area contributed by atoms with Gasteiger partial charge in [0.15, 0.2) is 0 Å². The van der Waals surface area contributed by atoms with Crippen LogP contribution in [0.5, 0.6) is 5.75 Å². The van der Waals surface area contributed by atoms with E-state index >= 15 is 0 Å². The normalized spacial score (nSPS) is 16.4. The summed E-state index contributed by atoms with van der Waals surface area (Å²) in [6, 6.07) is 11.4. The van der Waals surface area contributed by atoms with Gasteiger partial charge >= 0.3 is 5.97 Å². The quantitative estimate of drug-likeness (QED) is 0.253. The summed E-state index contributed by atoms with van der Waals surface area (Å²) in [5, 5.41) is 22.0. The third-order valence-corrected chi connectivity index (χ3v) is 9.17. The predicted octanol–water partition coefficient (Wildman–Crippen LogP) is 5.61. The first-order valence-electron chi connectivity index (χ1n) is 13.5. The van der Waals surface area contributed by atoms with E-state index in [1.54, 1.807) is 29.1 Å². The van der Waals surface area contributed by atoms with Gasteiger partial charge in [0.2, 0.25) is 5.56 Å². The van der Waals surface area contributed by atoms with Gasteiger partial charge in [-0.25, -0.2) is 4.68 Å². The molecule has 1 aliphatic rings. The molecular formula is C30H30ClN5O4S. The minimum Gasteiger partial charge on any atom is -0.487 e. The van der Waals surface area contributed by atoms with Gasteiger partial charge in [-0.2, -0.15) is 0 Å². The van der Waals surface area contributed by atoms with E-state index < -0.39 is 11.9 Å². The maximum absolute atomic E-state index is 12.2. The standard InChI is InChI=1S/C30H30ClN5O4S/c1-4-20-14-36(15-24-25(40-20)5-6-26(37)32-24)13-19-10-18(9-17-7-8-41-30(17)19)22(12-27(38)39)21-11-23(31)29-28(16(21)2)33-34-35(29)3/h5-11,20,22H,4,12-15H2,1-3H3,(H,32,37)(H,38,39)/t20-,22+/m1/s1. The second-order valence-electron chi connectivity index (χ2n) is 10.6. The van der Waals surface area contributed by atoms with E-state index in [9.17, 15) is 14.7 Å². The molecule has 0 saturated carbocycles. The molecule has 4 heterocycles. The molecule has 212 valence electrons. The Morgan fingerprint density at radius 1 is 1.29 bits per heavy atom. The number of carbonyl (C=O) groups is 1. The van der Waals surface area contributed by atoms with Crippen molar-refractivity contribution in [2.24, 2.45) is 7.05 Å². The molecule has 1 aliphatic heterocycles. The summed E-state index contributed by atoms with van der Waals surface area (Å²) in [4.78, 5) is 29.5. The van der Waals surface area contributed by atoms with Crippen LogP contribution in [0.1, 0.15) is 53.6 Å². The van der Waals surface area contributed by atoms with Crippen LogP contribution in [0.4, 0.5) is 0 Å². The van der Waals surface area contributed by atoms with Gasteiger partial charge in [-0.3, -0.25) is 14.5 Å². The highest BCUT2D eigenvalue weighted by atomic mass is 35.5. The van der Waals surface area contributed by atoms with E-state index in [0.717, 1.165) is 50.0 Å². The number of benzene rings is 2. The Morgan fingerprint density at radius 3 is 2.90 bits per heavy atom. The summed E-state index contributed by atoms with van der Waals surface area (Å²) >= 11 is 8.36. The maximum atomic E-state index is 12.2. The van der Waals surface area contributed by atoms with E-state index in [4.69, 9.17) is 16.3 Å². The van der Waals surface area contributed by atoms with Crippen molar-refractivity contribution in [3.05, 3.63) is 85.1 Å². The number of pyridine rings is 1. The largest absolute Gasteiger partial charge is 0.487 e. The van der Waals surface area contributed by atoms with Crippen LogP contribution in [0.25, 0.3) is 21.1 Å². The minimum atomic E-state index is -0.896. The Kier molecular flexibility index (Phi) is 7.31. The number of H-pyrrole nitrogens is 1. The summed E-state index contributed by atoms with van der Waals surface area (Å²) < 4.78 is 9.02. The van der Waals surface area contributed by atoms with Gasteiger partial charge in [-0.05, 0) is 70.6 Å². The SMILES string of the molecule is CC[C@@H]1CN(Cc2cc([C@H](CC(=O)O)c3cc(Cl)c4c(nnn4C)c3C)cc3ccsc23)Cc2[nH]c(=O)ccc2O1. The lowest BCUT2D eigenvalue weighted by molar-refractivity contribution is -0.137. The molecule has 0 fully saturated rings. The summed E-state index contributed by atoms with van der Waals surface area (Å²) in [7, 11) is 1.79. The van der Waals surface area contributed by atoms with Crippen molar-refractivity contribution in [2.75, 3.05) is 6.54 Å². The summed E-state index contributed by atoms with van der Waals surface area (Å²) in [6.07, 6.45) is 0.712. The average Bonchev–Trinajstić information content (AvgIpc) is 3.53. The lowest BCUT2D eigenvalue weighted by Gasteiger charge is -2.25. The second-order valence-corrected chi connectivity index (χ2v) is 12.0. The topological polar surface area (TPSA) is 113 Å². The third-order valence-electron chi connectivity index (χ3n) is 7.87. The third kappa shape index (κ3) is 5.23. The molecule has 0 radical (unpaired) electrons. The second kappa shape index (κ2) is 10.9. The number of aromatic nitrogens is 4. The Balaban J connectivity index is 1.44. The number of aromatic amines is 1. The smallest absolute Gasteiger partial charge is 0.304 e. The molecule has 2 N–H and O–H groups in total. The molecule has 0 spiro atoms. The zero-order chi connectivity index (χ0) is 28.8. The van der Waals surface area contributed by atoms with Gasteiger partial charge in [0, 0.05) is 43.4 Å². The first-order valence-corrected chi connectivity index (χ1v) is 14.8. The highest BCUT2D eigenvalue weighted by Gasteiger charge is 2.27. The number of rotatable bonds is 7. The van der Waals surface area contributed by atoms with Gasteiger partial charge in [-0.1, -0.05) is 29.8 Å². The molecule has 41 heavy (non-hydrogen) atoms. The van der Waals surface area contributed by atoms with E-state index in [2.05, 4.69) is 50.7 Å². The van der Waals surface area contributed by atoms with Crippen LogP contribution < -0.4 is 10.3 Å². The number of aryl methyl sites for hydroxylation is 2. The Hall–Kier alpha value is -3.73. The highest BCUT2D eigenvalue weighted by molar-refractivity contribution is 7.17. The van der Waals surface area contributed by atoms with Crippen molar-refractivity contribution in [3.63, 3.8) is 0 Å². The number of hydrogen-bond acceptors (Lipinski definition) is 7. The number of hydrogen-bond donors (Lipinski definition) is 2. The molecule has 5 aromatic rings. The van der Waals surface area contributed by atoms with Crippen molar-refractivity contribution >= 4 is 50.0 Å². The maximum Gasteiger partial charge on any atom is 0.304 e. The lowest BCUT2D eigenvalue weighted by atomic mass is 9.84. The van der Waals surface area contributed by atoms with Crippen molar-refractivity contribution in [1.29, 1.82) is 0 Å². The molecule has 0 aliphatic carbocycles. The minimum absolute atomic E-state index is 0.0209. The fourth-order valence-corrected chi connectivity index (χ4v) is 7.09. The van der Waals surface area contributed by atoms with E-state index in [0.29, 0.717) is 35.9 Å². The number of halogens is 1. The van der Waals surface area contributed by atoms with Crippen LogP contribution >= 0.6 is 22.9 Å². The fraction of sp³-hybridized carbons (Fsp3) is 0.333. The highest BCUT2D eigenvalue weighted by Crippen LogP contribution is 2.39. The number of aliphatic carboxylic acids is 1. The number of nitrogens with one attached hydrogen (secondary N) is 1. The number of fused-ring (bicyclic) bond motifs is 3. The average molecular weight is 592 g/mol. The van der Waals surface area contributed by atoms with Crippen LogP contribution in [-0.4, -0.2) is 48.6 Å². The Bertz CT molecular complexity index is 1840. The van der Waals surface area contributed by atoms with Crippen molar-refractivity contribution < 1.29 is 14.6 Å². The molecule has 2 atom stereocenters. The Morgan fingerprint density at radius 2 is 2.12 bits per heavy atom. The zero-order valence-corrected chi connectivity index (χ0v) is 24.6. The van der Waals surface area contributed by atoms with Crippen LogP contribution in [0, 0.1) is 6.92 Å². The van der Waals surface area contributed by atoms with Gasteiger partial charge in [0.25, 0.3) is 0 Å². The van der Waals surface area contributed by atoms with Gasteiger partial charge < -0.3 is 14.8 Å². The predicted molar refractivity (Wildman–Crippen MR) is 160 cm³/mol.